The molecule has 0 spiro atoms. The fourth-order valence-corrected chi connectivity index (χ4v) is 8.09. The molecule has 1 aromatic heterocycles. The molecule has 1 atom stereocenters. The number of sulfonamides is 1. The fourth-order valence-electron chi connectivity index (χ4n) is 1.96. The van der Waals surface area contributed by atoms with E-state index in [9.17, 15) is 16.8 Å². The van der Waals surface area contributed by atoms with Crippen molar-refractivity contribution in [1.82, 2.24) is 4.31 Å². The number of halogens is 1. The minimum atomic E-state index is -4.03. The molecular formula is C10H14BrNO6S3. The summed E-state index contributed by atoms with van der Waals surface area (Å²) >= 11 is 4.39. The molecule has 120 valence electrons. The van der Waals surface area contributed by atoms with Gasteiger partial charge < -0.3 is 9.52 Å². The van der Waals surface area contributed by atoms with Crippen molar-refractivity contribution in [3.63, 3.8) is 0 Å². The number of sulfone groups is 1. The van der Waals surface area contributed by atoms with Crippen molar-refractivity contribution in [3.05, 3.63) is 16.5 Å². The van der Waals surface area contributed by atoms with E-state index >= 15 is 0 Å². The van der Waals surface area contributed by atoms with Crippen molar-refractivity contribution < 1.29 is 26.4 Å². The predicted octanol–water partition coefficient (Wildman–Crippen LogP) is 0.643. The standard InChI is InChI=1S/C10H14BrNO6S3/c1-20(14,15)9-6-19-3-2-12(9)21(16,17)8-4-7(5-13)18-10(8)11/h4,9,13H,2-3,5-6H2,1H3. The van der Waals surface area contributed by atoms with Crippen LogP contribution in [0.5, 0.6) is 0 Å². The average Bonchev–Trinajstić information content (AvgIpc) is 2.80. The zero-order valence-electron chi connectivity index (χ0n) is 11.0. The molecule has 0 saturated carbocycles. The molecule has 0 radical (unpaired) electrons. The lowest BCUT2D eigenvalue weighted by molar-refractivity contribution is 0.245. The Morgan fingerprint density at radius 2 is 2.14 bits per heavy atom. The van der Waals surface area contributed by atoms with Crippen LogP contribution in [0.15, 0.2) is 20.0 Å². The van der Waals surface area contributed by atoms with E-state index < -0.39 is 31.8 Å². The molecule has 1 unspecified atom stereocenters. The topological polar surface area (TPSA) is 105 Å². The summed E-state index contributed by atoms with van der Waals surface area (Å²) in [7, 11) is -7.57. The molecule has 1 aromatic rings. The van der Waals surface area contributed by atoms with Crippen molar-refractivity contribution in [1.29, 1.82) is 0 Å². The van der Waals surface area contributed by atoms with Gasteiger partial charge in [0.15, 0.2) is 14.5 Å². The van der Waals surface area contributed by atoms with E-state index in [0.29, 0.717) is 5.75 Å². The van der Waals surface area contributed by atoms with Crippen molar-refractivity contribution >= 4 is 47.6 Å². The van der Waals surface area contributed by atoms with Gasteiger partial charge in [0.25, 0.3) is 0 Å². The lowest BCUT2D eigenvalue weighted by Gasteiger charge is -2.32. The zero-order chi connectivity index (χ0) is 15.8. The summed E-state index contributed by atoms with van der Waals surface area (Å²) in [6, 6.07) is 1.19. The normalized spacial score (nSPS) is 21.6. The molecule has 0 aromatic carbocycles. The summed E-state index contributed by atoms with van der Waals surface area (Å²) in [6.45, 7) is -0.337. The molecule has 1 N–H and O–H groups in total. The quantitative estimate of drug-likeness (QED) is 0.762. The highest BCUT2D eigenvalue weighted by molar-refractivity contribution is 9.10. The fraction of sp³-hybridized carbons (Fsp3) is 0.600. The van der Waals surface area contributed by atoms with E-state index in [1.165, 1.54) is 17.8 Å². The largest absolute Gasteiger partial charge is 0.450 e. The van der Waals surface area contributed by atoms with Crippen LogP contribution in [0.2, 0.25) is 0 Å². The second kappa shape index (κ2) is 6.20. The minimum Gasteiger partial charge on any atom is -0.450 e. The summed E-state index contributed by atoms with van der Waals surface area (Å²) in [5.74, 6) is 0.802. The number of rotatable bonds is 4. The Hall–Kier alpha value is -0.0700. The second-order valence-electron chi connectivity index (χ2n) is 4.48. The monoisotopic (exact) mass is 419 g/mol. The van der Waals surface area contributed by atoms with Crippen molar-refractivity contribution in [2.24, 2.45) is 0 Å². The van der Waals surface area contributed by atoms with E-state index in [4.69, 9.17) is 9.52 Å². The highest BCUT2D eigenvalue weighted by atomic mass is 79.9. The lowest BCUT2D eigenvalue weighted by Crippen LogP contribution is -2.49. The van der Waals surface area contributed by atoms with Crippen molar-refractivity contribution in [2.75, 3.05) is 24.3 Å². The van der Waals surface area contributed by atoms with E-state index in [2.05, 4.69) is 15.9 Å². The summed E-state index contributed by atoms with van der Waals surface area (Å²) < 4.78 is 55.0. The summed E-state index contributed by atoms with van der Waals surface area (Å²) in [4.78, 5) is -0.174. The molecule has 21 heavy (non-hydrogen) atoms. The van der Waals surface area contributed by atoms with Crippen LogP contribution in [0.3, 0.4) is 0 Å². The van der Waals surface area contributed by atoms with Crippen molar-refractivity contribution in [2.45, 2.75) is 16.9 Å². The zero-order valence-corrected chi connectivity index (χ0v) is 15.1. The molecule has 1 aliphatic rings. The Labute approximate surface area is 135 Å². The summed E-state index contributed by atoms with van der Waals surface area (Å²) in [5, 5.41) is 7.91. The Bertz CT molecular complexity index is 726. The highest BCUT2D eigenvalue weighted by Gasteiger charge is 2.41. The maximum Gasteiger partial charge on any atom is 0.248 e. The van der Waals surface area contributed by atoms with E-state index in [1.54, 1.807) is 0 Å². The van der Waals surface area contributed by atoms with Gasteiger partial charge in [0.1, 0.15) is 22.6 Å². The third-order valence-electron chi connectivity index (χ3n) is 2.98. The Morgan fingerprint density at radius 1 is 1.48 bits per heavy atom. The third-order valence-corrected chi connectivity index (χ3v) is 8.52. The van der Waals surface area contributed by atoms with Crippen LogP contribution < -0.4 is 0 Å². The number of hydrogen-bond donors (Lipinski definition) is 1. The molecule has 2 heterocycles. The maximum absolute atomic E-state index is 12.7. The van der Waals surface area contributed by atoms with Gasteiger partial charge in [0.2, 0.25) is 10.0 Å². The van der Waals surface area contributed by atoms with Crippen LogP contribution in [0, 0.1) is 0 Å². The Morgan fingerprint density at radius 3 is 2.67 bits per heavy atom. The van der Waals surface area contributed by atoms with E-state index in [0.717, 1.165) is 10.6 Å². The molecule has 1 aliphatic heterocycles. The Balaban J connectivity index is 2.48. The molecule has 1 saturated heterocycles. The maximum atomic E-state index is 12.7. The first-order valence-electron chi connectivity index (χ1n) is 5.85. The molecule has 0 amide bonds. The molecule has 2 rings (SSSR count). The van der Waals surface area contributed by atoms with Gasteiger partial charge in [0, 0.05) is 30.4 Å². The van der Waals surface area contributed by atoms with Gasteiger partial charge in [-0.2, -0.15) is 16.1 Å². The van der Waals surface area contributed by atoms with Gasteiger partial charge in [0.05, 0.1) is 0 Å². The van der Waals surface area contributed by atoms with Gasteiger partial charge in [-0.05, 0) is 15.9 Å². The first-order chi connectivity index (χ1) is 9.67. The summed E-state index contributed by atoms with van der Waals surface area (Å²) in [6.07, 6.45) is 1.02. The number of thioether (sulfide) groups is 1. The van der Waals surface area contributed by atoms with Gasteiger partial charge in [-0.15, -0.1) is 0 Å². The number of nitrogens with zero attached hydrogens (tertiary/aromatic N) is 1. The first kappa shape index (κ1) is 17.3. The van der Waals surface area contributed by atoms with E-state index in [-0.39, 0.29) is 27.6 Å². The molecule has 1 fully saturated rings. The first-order valence-corrected chi connectivity index (χ1v) is 11.2. The molecule has 7 nitrogen and oxygen atoms in total. The van der Waals surface area contributed by atoms with Gasteiger partial charge in [-0.3, -0.25) is 0 Å². The number of hydrogen-bond acceptors (Lipinski definition) is 7. The predicted molar refractivity (Wildman–Crippen MR) is 82.2 cm³/mol. The van der Waals surface area contributed by atoms with Crippen LogP contribution in [0.25, 0.3) is 0 Å². The van der Waals surface area contributed by atoms with Crippen LogP contribution >= 0.6 is 27.7 Å². The lowest BCUT2D eigenvalue weighted by atomic mass is 10.5. The highest BCUT2D eigenvalue weighted by Crippen LogP contribution is 2.32. The second-order valence-corrected chi connectivity index (χ2v) is 10.4. The molecular weight excluding hydrogens is 406 g/mol. The number of furan rings is 1. The van der Waals surface area contributed by atoms with Crippen molar-refractivity contribution in [3.8, 4) is 0 Å². The smallest absolute Gasteiger partial charge is 0.248 e. The average molecular weight is 420 g/mol. The summed E-state index contributed by atoms with van der Waals surface area (Å²) in [5.41, 5.74) is 0. The Kier molecular flexibility index (Phi) is 5.11. The molecule has 0 bridgehead atoms. The van der Waals surface area contributed by atoms with Crippen LogP contribution in [-0.2, 0) is 26.5 Å². The SMILES string of the molecule is CS(=O)(=O)C1CSCCN1S(=O)(=O)c1cc(CO)oc1Br. The van der Waals surface area contributed by atoms with Crippen LogP contribution in [0.1, 0.15) is 5.76 Å². The number of aliphatic hydroxyl groups excluding tert-OH is 1. The van der Waals surface area contributed by atoms with Gasteiger partial charge >= 0.3 is 0 Å². The minimum absolute atomic E-state index is 0.0444. The number of aliphatic hydroxyl groups is 1. The van der Waals surface area contributed by atoms with Crippen LogP contribution in [-0.4, -0.2) is 55.9 Å². The molecule has 11 heteroatoms. The third kappa shape index (κ3) is 3.48. The molecule has 0 aliphatic carbocycles. The van der Waals surface area contributed by atoms with Crippen LogP contribution in [0.4, 0.5) is 0 Å². The van der Waals surface area contributed by atoms with E-state index in [1.807, 2.05) is 0 Å². The van der Waals surface area contributed by atoms with Gasteiger partial charge in [-0.25, -0.2) is 16.8 Å². The van der Waals surface area contributed by atoms with Gasteiger partial charge in [-0.1, -0.05) is 0 Å².